The number of aromatic nitrogens is 2. The van der Waals surface area contributed by atoms with Gasteiger partial charge in [0, 0.05) is 17.6 Å². The summed E-state index contributed by atoms with van der Waals surface area (Å²) in [5.41, 5.74) is 1.31. The van der Waals surface area contributed by atoms with E-state index in [4.69, 9.17) is 20.5 Å². The van der Waals surface area contributed by atoms with Crippen LogP contribution in [0.3, 0.4) is 0 Å². The van der Waals surface area contributed by atoms with Crippen molar-refractivity contribution in [3.63, 3.8) is 0 Å². The van der Waals surface area contributed by atoms with Gasteiger partial charge in [-0.05, 0) is 37.3 Å². The van der Waals surface area contributed by atoms with Gasteiger partial charge in [0.2, 0.25) is 11.7 Å². The molecule has 2 aromatic heterocycles. The molecule has 0 saturated carbocycles. The van der Waals surface area contributed by atoms with Gasteiger partial charge in [0.15, 0.2) is 0 Å². The van der Waals surface area contributed by atoms with Crippen molar-refractivity contribution in [1.29, 1.82) is 0 Å². The lowest BCUT2D eigenvalue weighted by molar-refractivity contribution is 0.0768. The van der Waals surface area contributed by atoms with Crippen LogP contribution in [-0.2, 0) is 6.54 Å². The molecule has 0 unspecified atom stereocenters. The van der Waals surface area contributed by atoms with Crippen LogP contribution >= 0.6 is 11.6 Å². The summed E-state index contributed by atoms with van der Waals surface area (Å²) < 4.78 is 10.4. The zero-order valence-corrected chi connectivity index (χ0v) is 13.4. The van der Waals surface area contributed by atoms with Crippen LogP contribution < -0.4 is 0 Å². The first kappa shape index (κ1) is 15.3. The minimum absolute atomic E-state index is 0.164. The number of halogens is 1. The molecular formula is C16H14ClN3O3. The molecule has 3 rings (SSSR count). The SMILES string of the molecule is Cc1occc1C(=O)N(C)Cc1nc(-c2ccc(Cl)cc2)no1. The zero-order chi connectivity index (χ0) is 16.4. The van der Waals surface area contributed by atoms with Gasteiger partial charge in [0.05, 0.1) is 11.8 Å². The minimum atomic E-state index is -0.164. The lowest BCUT2D eigenvalue weighted by Crippen LogP contribution is -2.26. The first-order chi connectivity index (χ1) is 11.0. The van der Waals surface area contributed by atoms with Crippen molar-refractivity contribution < 1.29 is 13.7 Å². The molecule has 2 heterocycles. The molecule has 1 aromatic carbocycles. The molecule has 0 spiro atoms. The van der Waals surface area contributed by atoms with Gasteiger partial charge in [-0.25, -0.2) is 0 Å². The molecule has 0 aliphatic heterocycles. The molecule has 0 saturated heterocycles. The Labute approximate surface area is 137 Å². The molecule has 0 atom stereocenters. The third-order valence-corrected chi connectivity index (χ3v) is 3.63. The van der Waals surface area contributed by atoms with Crippen molar-refractivity contribution in [2.24, 2.45) is 0 Å². The monoisotopic (exact) mass is 331 g/mol. The number of aryl methyl sites for hydroxylation is 1. The molecule has 1 amide bonds. The van der Waals surface area contributed by atoms with Crippen LogP contribution in [0.15, 0.2) is 45.5 Å². The topological polar surface area (TPSA) is 72.4 Å². The fraction of sp³-hybridized carbons (Fsp3) is 0.188. The van der Waals surface area contributed by atoms with Gasteiger partial charge in [-0.15, -0.1) is 0 Å². The Balaban J connectivity index is 1.72. The maximum Gasteiger partial charge on any atom is 0.257 e. The number of hydrogen-bond acceptors (Lipinski definition) is 5. The van der Waals surface area contributed by atoms with E-state index < -0.39 is 0 Å². The van der Waals surface area contributed by atoms with E-state index in [0.717, 1.165) is 5.56 Å². The van der Waals surface area contributed by atoms with Crippen LogP contribution in [0.4, 0.5) is 0 Å². The molecule has 3 aromatic rings. The Kier molecular flexibility index (Phi) is 4.16. The molecule has 0 N–H and O–H groups in total. The van der Waals surface area contributed by atoms with Gasteiger partial charge in [0.25, 0.3) is 5.91 Å². The summed E-state index contributed by atoms with van der Waals surface area (Å²) in [6.45, 7) is 1.95. The highest BCUT2D eigenvalue weighted by Crippen LogP contribution is 2.19. The predicted octanol–water partition coefficient (Wildman–Crippen LogP) is 3.56. The van der Waals surface area contributed by atoms with E-state index in [1.807, 2.05) is 0 Å². The van der Waals surface area contributed by atoms with Crippen molar-refractivity contribution in [2.45, 2.75) is 13.5 Å². The molecule has 0 radical (unpaired) electrons. The summed E-state index contributed by atoms with van der Waals surface area (Å²) in [6, 6.07) is 8.76. The second-order valence-electron chi connectivity index (χ2n) is 5.07. The van der Waals surface area contributed by atoms with Gasteiger partial charge in [0.1, 0.15) is 12.3 Å². The van der Waals surface area contributed by atoms with Gasteiger partial charge in [-0.1, -0.05) is 16.8 Å². The number of nitrogens with zero attached hydrogens (tertiary/aromatic N) is 3. The smallest absolute Gasteiger partial charge is 0.257 e. The number of benzene rings is 1. The quantitative estimate of drug-likeness (QED) is 0.730. The van der Waals surface area contributed by atoms with E-state index in [1.54, 1.807) is 44.3 Å². The molecule has 0 bridgehead atoms. The summed E-state index contributed by atoms with van der Waals surface area (Å²) >= 11 is 5.85. The summed E-state index contributed by atoms with van der Waals surface area (Å²) in [4.78, 5) is 18.1. The highest BCUT2D eigenvalue weighted by atomic mass is 35.5. The van der Waals surface area contributed by atoms with Crippen molar-refractivity contribution in [1.82, 2.24) is 15.0 Å². The maximum atomic E-state index is 12.3. The third-order valence-electron chi connectivity index (χ3n) is 3.38. The normalized spacial score (nSPS) is 10.7. The second kappa shape index (κ2) is 6.26. The Morgan fingerprint density at radius 2 is 2.00 bits per heavy atom. The van der Waals surface area contributed by atoms with Gasteiger partial charge >= 0.3 is 0 Å². The summed E-state index contributed by atoms with van der Waals surface area (Å²) in [5, 5.41) is 4.56. The van der Waals surface area contributed by atoms with E-state index in [-0.39, 0.29) is 12.5 Å². The Morgan fingerprint density at radius 1 is 1.26 bits per heavy atom. The average Bonchev–Trinajstić information content (AvgIpc) is 3.16. The van der Waals surface area contributed by atoms with E-state index >= 15 is 0 Å². The number of amides is 1. The van der Waals surface area contributed by atoms with Crippen LogP contribution in [0.25, 0.3) is 11.4 Å². The zero-order valence-electron chi connectivity index (χ0n) is 12.6. The molecule has 0 aliphatic carbocycles. The molecule has 0 fully saturated rings. The van der Waals surface area contributed by atoms with Gasteiger partial charge in [-0.3, -0.25) is 4.79 Å². The average molecular weight is 332 g/mol. The van der Waals surface area contributed by atoms with Gasteiger partial charge in [-0.2, -0.15) is 4.98 Å². The van der Waals surface area contributed by atoms with Crippen LogP contribution in [0, 0.1) is 6.92 Å². The molecule has 7 heteroatoms. The third kappa shape index (κ3) is 3.27. The molecule has 6 nitrogen and oxygen atoms in total. The van der Waals surface area contributed by atoms with Crippen LogP contribution in [0.1, 0.15) is 22.0 Å². The Bertz CT molecular complexity index is 823. The second-order valence-corrected chi connectivity index (χ2v) is 5.51. The molecule has 23 heavy (non-hydrogen) atoms. The highest BCUT2D eigenvalue weighted by molar-refractivity contribution is 6.30. The van der Waals surface area contributed by atoms with E-state index in [0.29, 0.717) is 28.1 Å². The fourth-order valence-corrected chi connectivity index (χ4v) is 2.25. The number of carbonyl (C=O) groups is 1. The van der Waals surface area contributed by atoms with E-state index in [9.17, 15) is 4.79 Å². The number of carbonyl (C=O) groups excluding carboxylic acids is 1. The number of rotatable bonds is 4. The van der Waals surface area contributed by atoms with Crippen molar-refractivity contribution in [3.05, 3.63) is 58.8 Å². The van der Waals surface area contributed by atoms with E-state index in [2.05, 4.69) is 10.1 Å². The first-order valence-corrected chi connectivity index (χ1v) is 7.30. The van der Waals surface area contributed by atoms with Crippen molar-refractivity contribution in [2.75, 3.05) is 7.05 Å². The molecule has 0 aliphatic rings. The lowest BCUT2D eigenvalue weighted by Gasteiger charge is -2.13. The maximum absolute atomic E-state index is 12.3. The number of hydrogen-bond donors (Lipinski definition) is 0. The molecular weight excluding hydrogens is 318 g/mol. The summed E-state index contributed by atoms with van der Waals surface area (Å²) in [6.07, 6.45) is 1.49. The largest absolute Gasteiger partial charge is 0.469 e. The van der Waals surface area contributed by atoms with E-state index in [1.165, 1.54) is 11.2 Å². The highest BCUT2D eigenvalue weighted by Gasteiger charge is 2.19. The standard InChI is InChI=1S/C16H14ClN3O3/c1-10-13(7-8-22-10)16(21)20(2)9-14-18-15(19-23-14)11-3-5-12(17)6-4-11/h3-8H,9H2,1-2H3. The van der Waals surface area contributed by atoms with Gasteiger partial charge < -0.3 is 13.8 Å². The summed E-state index contributed by atoms with van der Waals surface area (Å²) in [7, 11) is 1.67. The Morgan fingerprint density at radius 3 is 2.65 bits per heavy atom. The predicted molar refractivity (Wildman–Crippen MR) is 84.0 cm³/mol. The Hall–Kier alpha value is -2.60. The summed E-state index contributed by atoms with van der Waals surface area (Å²) in [5.74, 6) is 1.22. The first-order valence-electron chi connectivity index (χ1n) is 6.92. The van der Waals surface area contributed by atoms with Crippen molar-refractivity contribution in [3.8, 4) is 11.4 Å². The molecule has 118 valence electrons. The number of furan rings is 1. The van der Waals surface area contributed by atoms with Crippen molar-refractivity contribution >= 4 is 17.5 Å². The fourth-order valence-electron chi connectivity index (χ4n) is 2.12. The van der Waals surface area contributed by atoms with Crippen LogP contribution in [-0.4, -0.2) is 28.0 Å². The lowest BCUT2D eigenvalue weighted by atomic mass is 10.2. The van der Waals surface area contributed by atoms with Crippen LogP contribution in [0.5, 0.6) is 0 Å². The minimum Gasteiger partial charge on any atom is -0.469 e. The van der Waals surface area contributed by atoms with Crippen LogP contribution in [0.2, 0.25) is 5.02 Å².